The third kappa shape index (κ3) is 30.0. The van der Waals surface area contributed by atoms with E-state index in [0.29, 0.717) is 39.3 Å². The van der Waals surface area contributed by atoms with E-state index < -0.39 is 72.2 Å². The molecule has 1 radical (unpaired) electrons. The van der Waals surface area contributed by atoms with Crippen molar-refractivity contribution in [3.8, 4) is 0 Å². The molecule has 299 valence electrons. The summed E-state index contributed by atoms with van der Waals surface area (Å²) in [4.78, 5) is 103. The molecule has 0 aliphatic carbocycles. The van der Waals surface area contributed by atoms with E-state index in [1.54, 1.807) is 14.7 Å². The third-order valence-corrected chi connectivity index (χ3v) is 7.37. The van der Waals surface area contributed by atoms with Gasteiger partial charge in [0, 0.05) is 39.3 Å². The number of hydrogen-bond donors (Lipinski definition) is 0. The predicted molar refractivity (Wildman–Crippen MR) is 183 cm³/mol. The molecule has 52 heavy (non-hydrogen) atoms. The van der Waals surface area contributed by atoms with E-state index in [0.717, 1.165) is 77.0 Å². The first-order valence-electron chi connectivity index (χ1n) is 18.1. The number of unbranched alkanes of at least 4 members (excludes halogenated alkanes) is 6. The van der Waals surface area contributed by atoms with Gasteiger partial charge in [0.15, 0.2) is 17.3 Å². The minimum Gasteiger partial charge on any atom is -0.542 e. The Kier molecular flexibility index (Phi) is 37.9. The second-order valence-corrected chi connectivity index (χ2v) is 11.9. The number of amides is 3. The fraction of sp³-hybridized carbons (Fsp3) is 0.750. The van der Waals surface area contributed by atoms with E-state index in [2.05, 4.69) is 0 Å². The molecule has 0 saturated carbocycles. The van der Waals surface area contributed by atoms with Crippen LogP contribution in [0.25, 0.3) is 0 Å². The number of Topliss-reactive ketones (excluding diaryl/α,β-unsaturated/α-hetero) is 3. The SMILES string of the molecule is CCCCN(CCCC)C(=O)CC(=O)C(=O)[O-].CCCCN(CCCC)C(=O)CC(=O)C(=O)[O-].CCCCN(CCCC)C(=O)CC(=O)C(=O)[O-].[Fe+3]. The summed E-state index contributed by atoms with van der Waals surface area (Å²) in [6.45, 7) is 15.5. The number of carbonyl (C=O) groups is 9. The summed E-state index contributed by atoms with van der Waals surface area (Å²) in [6.07, 6.45) is 9.07. The maximum Gasteiger partial charge on any atom is 3.00 e. The molecule has 0 unspecified atom stereocenters. The molecular formula is C36H60FeN3O12. The standard InChI is InChI=1S/3C12H21NO4.Fe/c3*1-3-5-7-13(8-6-4-2)11(15)9-10(14)12(16)17;/h3*3-9H2,1-2H3,(H,16,17);/q;;;+3/p-3. The fourth-order valence-corrected chi connectivity index (χ4v) is 4.14. The van der Waals surface area contributed by atoms with Crippen molar-refractivity contribution in [2.24, 2.45) is 0 Å². The van der Waals surface area contributed by atoms with Crippen LogP contribution in [0, 0.1) is 0 Å². The van der Waals surface area contributed by atoms with Gasteiger partial charge in [-0.1, -0.05) is 80.1 Å². The van der Waals surface area contributed by atoms with Gasteiger partial charge in [0.25, 0.3) is 0 Å². The van der Waals surface area contributed by atoms with Crippen molar-refractivity contribution in [3.63, 3.8) is 0 Å². The molecule has 0 aliphatic rings. The van der Waals surface area contributed by atoms with Gasteiger partial charge < -0.3 is 44.4 Å². The van der Waals surface area contributed by atoms with Crippen molar-refractivity contribution < 1.29 is 75.5 Å². The Bertz CT molecular complexity index is 943. The summed E-state index contributed by atoms with van der Waals surface area (Å²) in [7, 11) is 0. The first kappa shape index (κ1) is 55.1. The average Bonchev–Trinajstić information content (AvgIpc) is 3.08. The van der Waals surface area contributed by atoms with Gasteiger partial charge in [0.2, 0.25) is 17.7 Å². The van der Waals surface area contributed by atoms with E-state index in [9.17, 15) is 58.5 Å². The van der Waals surface area contributed by atoms with Crippen LogP contribution in [0.3, 0.4) is 0 Å². The maximum absolute atomic E-state index is 11.7. The molecule has 0 N–H and O–H groups in total. The maximum atomic E-state index is 11.7. The van der Waals surface area contributed by atoms with Crippen molar-refractivity contribution in [2.75, 3.05) is 39.3 Å². The molecule has 0 aromatic carbocycles. The van der Waals surface area contributed by atoms with E-state index in [-0.39, 0.29) is 17.1 Å². The fourth-order valence-electron chi connectivity index (χ4n) is 4.14. The van der Waals surface area contributed by atoms with Crippen molar-refractivity contribution in [2.45, 2.75) is 138 Å². The molecule has 3 amide bonds. The van der Waals surface area contributed by atoms with Crippen LogP contribution in [0.15, 0.2) is 0 Å². The van der Waals surface area contributed by atoms with Crippen LogP contribution in [0.4, 0.5) is 0 Å². The predicted octanol–water partition coefficient (Wildman–Crippen LogP) is 0.370. The number of carboxylic acid groups (broad SMARTS) is 3. The van der Waals surface area contributed by atoms with E-state index >= 15 is 0 Å². The van der Waals surface area contributed by atoms with E-state index in [1.165, 1.54) is 0 Å². The number of rotatable bonds is 27. The molecule has 0 saturated heterocycles. The van der Waals surface area contributed by atoms with Crippen LogP contribution in [0.1, 0.15) is 138 Å². The number of aliphatic carboxylic acids is 3. The summed E-state index contributed by atoms with van der Waals surface area (Å²) < 4.78 is 0. The molecular weight excluding hydrogens is 722 g/mol. The monoisotopic (exact) mass is 782 g/mol. The molecule has 0 aromatic rings. The largest absolute Gasteiger partial charge is 3.00 e. The minimum atomic E-state index is -1.79. The van der Waals surface area contributed by atoms with E-state index in [4.69, 9.17) is 0 Å². The van der Waals surface area contributed by atoms with Crippen LogP contribution in [-0.4, -0.2) is 107 Å². The zero-order chi connectivity index (χ0) is 39.8. The van der Waals surface area contributed by atoms with Gasteiger partial charge in [0.1, 0.15) is 17.9 Å². The summed E-state index contributed by atoms with van der Waals surface area (Å²) in [5.74, 6) is -10.0. The third-order valence-electron chi connectivity index (χ3n) is 7.37. The Balaban J connectivity index is -0.000000329. The van der Waals surface area contributed by atoms with Crippen LogP contribution in [-0.2, 0) is 60.2 Å². The molecule has 0 aromatic heterocycles. The van der Waals surface area contributed by atoms with Gasteiger partial charge in [0.05, 0.1) is 19.3 Å². The smallest absolute Gasteiger partial charge is 0.542 e. The number of carbonyl (C=O) groups excluding carboxylic acids is 9. The molecule has 0 aliphatic heterocycles. The Morgan fingerprint density at radius 1 is 0.346 bits per heavy atom. The van der Waals surface area contributed by atoms with Crippen molar-refractivity contribution in [1.29, 1.82) is 0 Å². The van der Waals surface area contributed by atoms with Crippen LogP contribution in [0.2, 0.25) is 0 Å². The topological polar surface area (TPSA) is 233 Å². The Labute approximate surface area is 319 Å². The second kappa shape index (κ2) is 35.7. The molecule has 0 heterocycles. The normalized spacial score (nSPS) is 9.81. The van der Waals surface area contributed by atoms with E-state index in [1.807, 2.05) is 41.5 Å². The van der Waals surface area contributed by atoms with Gasteiger partial charge >= 0.3 is 17.1 Å². The molecule has 0 spiro atoms. The second-order valence-electron chi connectivity index (χ2n) is 11.9. The average molecular weight is 783 g/mol. The zero-order valence-corrected chi connectivity index (χ0v) is 33.0. The van der Waals surface area contributed by atoms with Gasteiger partial charge in [-0.05, 0) is 38.5 Å². The Morgan fingerprint density at radius 2 is 0.500 bits per heavy atom. The zero-order valence-electron chi connectivity index (χ0n) is 31.9. The Hall–Kier alpha value is -3.65. The number of ketones is 3. The summed E-state index contributed by atoms with van der Waals surface area (Å²) in [5.41, 5.74) is 0. The quantitative estimate of drug-likeness (QED) is 0.0625. The van der Waals surface area contributed by atoms with Gasteiger partial charge in [-0.15, -0.1) is 0 Å². The first-order valence-corrected chi connectivity index (χ1v) is 18.1. The molecule has 0 bridgehead atoms. The Morgan fingerprint density at radius 3 is 0.615 bits per heavy atom. The minimum absolute atomic E-state index is 0. The van der Waals surface area contributed by atoms with Crippen molar-refractivity contribution in [1.82, 2.24) is 14.7 Å². The van der Waals surface area contributed by atoms with Crippen LogP contribution < -0.4 is 15.3 Å². The summed E-state index contributed by atoms with van der Waals surface area (Å²) in [5, 5.41) is 30.8. The van der Waals surface area contributed by atoms with Gasteiger partial charge in [-0.25, -0.2) is 0 Å². The van der Waals surface area contributed by atoms with Crippen LogP contribution >= 0.6 is 0 Å². The van der Waals surface area contributed by atoms with Crippen molar-refractivity contribution in [3.05, 3.63) is 0 Å². The number of hydrogen-bond acceptors (Lipinski definition) is 12. The van der Waals surface area contributed by atoms with Crippen molar-refractivity contribution >= 4 is 53.0 Å². The summed E-state index contributed by atoms with van der Waals surface area (Å²) in [6, 6.07) is 0. The first-order chi connectivity index (χ1) is 24.1. The number of nitrogens with zero attached hydrogens (tertiary/aromatic N) is 3. The number of carboxylic acids is 3. The molecule has 15 nitrogen and oxygen atoms in total. The van der Waals surface area contributed by atoms with Gasteiger partial charge in [-0.2, -0.15) is 0 Å². The van der Waals surface area contributed by atoms with Crippen LogP contribution in [0.5, 0.6) is 0 Å². The summed E-state index contributed by atoms with van der Waals surface area (Å²) >= 11 is 0. The molecule has 0 atom stereocenters. The van der Waals surface area contributed by atoms with Gasteiger partial charge in [-0.3, -0.25) is 28.8 Å². The molecule has 0 fully saturated rings. The molecule has 0 rings (SSSR count). The molecule has 16 heteroatoms.